The minimum absolute atomic E-state index is 0.0718. The second-order valence-corrected chi connectivity index (χ2v) is 12.5. The summed E-state index contributed by atoms with van der Waals surface area (Å²) < 4.78 is 28.8. The Morgan fingerprint density at radius 2 is 1.48 bits per heavy atom. The van der Waals surface area contributed by atoms with Crippen LogP contribution < -0.4 is 9.62 Å². The van der Waals surface area contributed by atoms with Gasteiger partial charge in [-0.25, -0.2) is 8.42 Å². The van der Waals surface area contributed by atoms with Crippen molar-refractivity contribution in [2.24, 2.45) is 0 Å². The number of nitrogens with zero attached hydrogens (tertiary/aromatic N) is 2. The molecule has 0 unspecified atom stereocenters. The van der Waals surface area contributed by atoms with Crippen molar-refractivity contribution in [1.82, 2.24) is 10.2 Å². The fraction of sp³-hybridized carbons (Fsp3) is 0.355. The molecule has 40 heavy (non-hydrogen) atoms. The quantitative estimate of drug-likeness (QED) is 0.284. The molecule has 3 rings (SSSR count). The first-order chi connectivity index (χ1) is 18.9. The molecule has 2 amide bonds. The summed E-state index contributed by atoms with van der Waals surface area (Å²) in [5.41, 5.74) is 2.18. The Kier molecular flexibility index (Phi) is 10.8. The minimum Gasteiger partial charge on any atom is -0.352 e. The summed E-state index contributed by atoms with van der Waals surface area (Å²) in [7, 11) is -4.10. The summed E-state index contributed by atoms with van der Waals surface area (Å²) in [5, 5.41) is 3.48. The van der Waals surface area contributed by atoms with Gasteiger partial charge in [0.1, 0.15) is 12.6 Å². The second kappa shape index (κ2) is 13.8. The molecule has 0 bridgehead atoms. The van der Waals surface area contributed by atoms with E-state index in [9.17, 15) is 18.0 Å². The van der Waals surface area contributed by atoms with E-state index in [1.54, 1.807) is 61.5 Å². The number of anilines is 1. The summed E-state index contributed by atoms with van der Waals surface area (Å²) in [6.07, 6.45) is 0.735. The molecule has 1 N–H and O–H groups in total. The van der Waals surface area contributed by atoms with Gasteiger partial charge in [0, 0.05) is 17.6 Å². The molecule has 0 spiro atoms. The molecule has 0 aliphatic rings. The zero-order valence-corrected chi connectivity index (χ0v) is 25.2. The number of hydrogen-bond donors (Lipinski definition) is 1. The van der Waals surface area contributed by atoms with E-state index in [0.717, 1.165) is 21.9 Å². The van der Waals surface area contributed by atoms with E-state index in [4.69, 9.17) is 11.6 Å². The average molecular weight is 584 g/mol. The number of hydrogen-bond acceptors (Lipinski definition) is 4. The lowest BCUT2D eigenvalue weighted by atomic mass is 10.0. The van der Waals surface area contributed by atoms with E-state index >= 15 is 0 Å². The zero-order chi connectivity index (χ0) is 29.4. The molecule has 0 saturated carbocycles. The van der Waals surface area contributed by atoms with Gasteiger partial charge < -0.3 is 10.2 Å². The van der Waals surface area contributed by atoms with Crippen molar-refractivity contribution in [2.75, 3.05) is 10.8 Å². The number of benzene rings is 3. The highest BCUT2D eigenvalue weighted by Gasteiger charge is 2.32. The van der Waals surface area contributed by atoms with Crippen LogP contribution in [0.2, 0.25) is 5.02 Å². The maximum Gasteiger partial charge on any atom is 0.264 e. The van der Waals surface area contributed by atoms with Gasteiger partial charge in [0.25, 0.3) is 10.0 Å². The SMILES string of the molecule is CC[C@H](C)NC(=O)[C@@H](C)N(Cc1ccc(Cl)cc1)C(=O)CN(c1ccc(C(C)C)cc1)S(=O)(=O)c1ccccc1. The van der Waals surface area contributed by atoms with Gasteiger partial charge in [0.2, 0.25) is 11.8 Å². The van der Waals surface area contributed by atoms with Gasteiger partial charge in [-0.05, 0) is 73.7 Å². The Morgan fingerprint density at radius 3 is 2.02 bits per heavy atom. The third kappa shape index (κ3) is 7.86. The van der Waals surface area contributed by atoms with Crippen LogP contribution >= 0.6 is 11.6 Å². The molecule has 0 saturated heterocycles. The van der Waals surface area contributed by atoms with Crippen molar-refractivity contribution in [3.63, 3.8) is 0 Å². The van der Waals surface area contributed by atoms with Crippen LogP contribution in [0.5, 0.6) is 0 Å². The summed E-state index contributed by atoms with van der Waals surface area (Å²) in [6.45, 7) is 9.24. The molecule has 214 valence electrons. The van der Waals surface area contributed by atoms with Crippen molar-refractivity contribution in [2.45, 2.75) is 70.5 Å². The van der Waals surface area contributed by atoms with Crippen LogP contribution in [0.4, 0.5) is 5.69 Å². The predicted octanol–water partition coefficient (Wildman–Crippen LogP) is 5.99. The van der Waals surface area contributed by atoms with Crippen LogP contribution in [-0.2, 0) is 26.2 Å². The Hall–Kier alpha value is -3.36. The highest BCUT2D eigenvalue weighted by atomic mass is 35.5. The fourth-order valence-corrected chi connectivity index (χ4v) is 5.67. The van der Waals surface area contributed by atoms with Gasteiger partial charge in [-0.2, -0.15) is 0 Å². The molecule has 0 aromatic heterocycles. The number of sulfonamides is 1. The lowest BCUT2D eigenvalue weighted by Gasteiger charge is -2.32. The van der Waals surface area contributed by atoms with E-state index in [1.165, 1.54) is 17.0 Å². The van der Waals surface area contributed by atoms with Crippen LogP contribution in [0.15, 0.2) is 83.8 Å². The predicted molar refractivity (Wildman–Crippen MR) is 161 cm³/mol. The van der Waals surface area contributed by atoms with Crippen LogP contribution in [0.1, 0.15) is 58.1 Å². The smallest absolute Gasteiger partial charge is 0.264 e. The summed E-state index contributed by atoms with van der Waals surface area (Å²) in [6, 6.07) is 21.3. The maximum absolute atomic E-state index is 14.0. The van der Waals surface area contributed by atoms with E-state index < -0.39 is 28.5 Å². The van der Waals surface area contributed by atoms with Crippen molar-refractivity contribution >= 4 is 39.1 Å². The molecule has 0 radical (unpaired) electrons. The van der Waals surface area contributed by atoms with Gasteiger partial charge in [-0.3, -0.25) is 13.9 Å². The molecular formula is C31H38ClN3O4S. The topological polar surface area (TPSA) is 86.8 Å². The Balaban J connectivity index is 2.02. The van der Waals surface area contributed by atoms with Gasteiger partial charge in [0.15, 0.2) is 0 Å². The third-order valence-corrected chi connectivity index (χ3v) is 8.93. The number of carbonyl (C=O) groups is 2. The third-order valence-electron chi connectivity index (χ3n) is 6.89. The molecule has 3 aromatic rings. The number of amides is 2. The molecule has 9 heteroatoms. The van der Waals surface area contributed by atoms with E-state index in [2.05, 4.69) is 19.2 Å². The van der Waals surface area contributed by atoms with Crippen molar-refractivity contribution < 1.29 is 18.0 Å². The summed E-state index contributed by atoms with van der Waals surface area (Å²) >= 11 is 6.05. The summed E-state index contributed by atoms with van der Waals surface area (Å²) in [4.78, 5) is 28.6. The van der Waals surface area contributed by atoms with Gasteiger partial charge in [-0.15, -0.1) is 0 Å². The Bertz CT molecular complexity index is 1380. The minimum atomic E-state index is -4.10. The molecule has 0 aliphatic carbocycles. The van der Waals surface area contributed by atoms with Gasteiger partial charge in [0.05, 0.1) is 10.6 Å². The molecule has 0 fully saturated rings. The fourth-order valence-electron chi connectivity index (χ4n) is 4.11. The first kappa shape index (κ1) is 31.2. The largest absolute Gasteiger partial charge is 0.352 e. The number of nitrogens with one attached hydrogen (secondary N) is 1. The monoisotopic (exact) mass is 583 g/mol. The zero-order valence-electron chi connectivity index (χ0n) is 23.7. The number of carbonyl (C=O) groups excluding carboxylic acids is 2. The second-order valence-electron chi connectivity index (χ2n) is 10.2. The lowest BCUT2D eigenvalue weighted by Crippen LogP contribution is -2.52. The van der Waals surface area contributed by atoms with Gasteiger partial charge in [-0.1, -0.05) is 74.8 Å². The van der Waals surface area contributed by atoms with E-state index in [-0.39, 0.29) is 29.3 Å². The highest BCUT2D eigenvalue weighted by Crippen LogP contribution is 2.26. The van der Waals surface area contributed by atoms with E-state index in [1.807, 2.05) is 26.0 Å². The number of rotatable bonds is 12. The van der Waals surface area contributed by atoms with Crippen molar-refractivity contribution in [3.05, 3.63) is 95.0 Å². The van der Waals surface area contributed by atoms with Crippen LogP contribution in [-0.4, -0.2) is 43.8 Å². The standard InChI is InChI=1S/C31H38ClN3O4S/c1-6-23(4)33-31(37)24(5)34(20-25-12-16-27(32)17-13-25)30(36)21-35(28-18-14-26(15-19-28)22(2)3)40(38,39)29-10-8-7-9-11-29/h7-19,22-24H,6,20-21H2,1-5H3,(H,33,37)/t23-,24+/m0/s1. The maximum atomic E-state index is 14.0. The van der Waals surface area contributed by atoms with Crippen LogP contribution in [0.3, 0.4) is 0 Å². The van der Waals surface area contributed by atoms with Crippen molar-refractivity contribution in [1.29, 1.82) is 0 Å². The molecule has 7 nitrogen and oxygen atoms in total. The normalized spacial score (nSPS) is 13.0. The lowest BCUT2D eigenvalue weighted by molar-refractivity contribution is -0.139. The molecule has 2 atom stereocenters. The summed E-state index contributed by atoms with van der Waals surface area (Å²) in [5.74, 6) is -0.556. The van der Waals surface area contributed by atoms with Gasteiger partial charge >= 0.3 is 0 Å². The molecule has 3 aromatic carbocycles. The van der Waals surface area contributed by atoms with Crippen molar-refractivity contribution in [3.8, 4) is 0 Å². The van der Waals surface area contributed by atoms with Crippen LogP contribution in [0.25, 0.3) is 0 Å². The Labute approximate surface area is 243 Å². The number of halogens is 1. The highest BCUT2D eigenvalue weighted by molar-refractivity contribution is 7.92. The van der Waals surface area contributed by atoms with Crippen LogP contribution in [0, 0.1) is 0 Å². The molecule has 0 aliphatic heterocycles. The average Bonchev–Trinajstić information content (AvgIpc) is 2.95. The van der Waals surface area contributed by atoms with E-state index in [0.29, 0.717) is 10.7 Å². The first-order valence-corrected chi connectivity index (χ1v) is 15.3. The molecular weight excluding hydrogens is 546 g/mol. The molecule has 0 heterocycles. The Morgan fingerprint density at radius 1 is 0.875 bits per heavy atom. The first-order valence-electron chi connectivity index (χ1n) is 13.5.